The summed E-state index contributed by atoms with van der Waals surface area (Å²) in [5, 5.41) is 6.81. The van der Waals surface area contributed by atoms with Gasteiger partial charge in [-0.3, -0.25) is 0 Å². The molecule has 0 radical (unpaired) electrons. The Morgan fingerprint density at radius 1 is 0.739 bits per heavy atom. The molecule has 0 heterocycles. The molecule has 0 aliphatic carbocycles. The Morgan fingerprint density at radius 3 is 1.96 bits per heavy atom. The van der Waals surface area contributed by atoms with Gasteiger partial charge in [-0.15, -0.1) is 0 Å². The highest BCUT2D eigenvalue weighted by molar-refractivity contribution is 5.21. The topological polar surface area (TPSA) is 24.1 Å². The zero-order valence-corrected chi connectivity index (χ0v) is 14.5. The minimum Gasteiger partial charge on any atom is -0.304 e. The molecule has 0 amide bonds. The first kappa shape index (κ1) is 17.7. The molecule has 0 fully saturated rings. The zero-order valence-electron chi connectivity index (χ0n) is 14.5. The van der Waals surface area contributed by atoms with Gasteiger partial charge in [0, 0.05) is 5.92 Å². The summed E-state index contributed by atoms with van der Waals surface area (Å²) >= 11 is 0. The third-order valence-electron chi connectivity index (χ3n) is 4.58. The zero-order chi connectivity index (χ0) is 16.3. The number of aryl methyl sites for hydroxylation is 1. The average Bonchev–Trinajstić information content (AvgIpc) is 2.62. The molecule has 0 aromatic heterocycles. The smallest absolute Gasteiger partial charge is 0.0637 e. The molecular formula is C21H30N2. The fourth-order valence-electron chi connectivity index (χ4n) is 3.29. The van der Waals surface area contributed by atoms with Gasteiger partial charge in [0.15, 0.2) is 0 Å². The monoisotopic (exact) mass is 310 g/mol. The summed E-state index contributed by atoms with van der Waals surface area (Å²) in [6, 6.07) is 21.7. The number of hydrogen-bond donors (Lipinski definition) is 2. The van der Waals surface area contributed by atoms with E-state index >= 15 is 0 Å². The van der Waals surface area contributed by atoms with Crippen molar-refractivity contribution in [3.63, 3.8) is 0 Å². The lowest BCUT2D eigenvalue weighted by Gasteiger charge is -2.27. The van der Waals surface area contributed by atoms with E-state index in [2.05, 4.69) is 71.3 Å². The standard InChI is InChI=1S/C21H30N2/c1-22-21(23-2)20(19-15-9-5-10-16-19)17-11-4-8-14-18-12-6-3-7-13-18/h3,5-7,9-10,12-13,15-16,20-23H,4,8,11,14,17H2,1-2H3. The SMILES string of the molecule is CNC(NC)C(CCCCCc1ccccc1)c1ccccc1. The molecule has 2 aromatic rings. The van der Waals surface area contributed by atoms with Gasteiger partial charge in [0.2, 0.25) is 0 Å². The van der Waals surface area contributed by atoms with E-state index in [4.69, 9.17) is 0 Å². The normalized spacial score (nSPS) is 12.5. The lowest BCUT2D eigenvalue weighted by atomic mass is 9.90. The van der Waals surface area contributed by atoms with Crippen molar-refractivity contribution in [3.05, 3.63) is 71.8 Å². The first-order valence-electron chi connectivity index (χ1n) is 8.78. The van der Waals surface area contributed by atoms with Crippen molar-refractivity contribution in [2.75, 3.05) is 14.1 Å². The molecule has 0 bridgehead atoms. The molecule has 1 atom stereocenters. The highest BCUT2D eigenvalue weighted by Crippen LogP contribution is 2.25. The predicted molar refractivity (Wildman–Crippen MR) is 99.7 cm³/mol. The fraction of sp³-hybridized carbons (Fsp3) is 0.429. The number of likely N-dealkylation sites (N-methyl/N-ethyl adjacent to an activating group) is 2. The van der Waals surface area contributed by atoms with Crippen LogP contribution in [-0.2, 0) is 6.42 Å². The van der Waals surface area contributed by atoms with Gasteiger partial charge >= 0.3 is 0 Å². The highest BCUT2D eigenvalue weighted by Gasteiger charge is 2.19. The molecule has 0 aliphatic rings. The van der Waals surface area contributed by atoms with Crippen LogP contribution >= 0.6 is 0 Å². The van der Waals surface area contributed by atoms with Gasteiger partial charge < -0.3 is 10.6 Å². The molecule has 0 saturated heterocycles. The second-order valence-corrected chi connectivity index (χ2v) is 6.16. The van der Waals surface area contributed by atoms with Crippen LogP contribution in [0.1, 0.15) is 42.7 Å². The minimum absolute atomic E-state index is 0.325. The van der Waals surface area contributed by atoms with Crippen molar-refractivity contribution in [1.29, 1.82) is 0 Å². The van der Waals surface area contributed by atoms with E-state index in [0.717, 1.165) is 0 Å². The van der Waals surface area contributed by atoms with Gasteiger partial charge in [0.25, 0.3) is 0 Å². The number of hydrogen-bond acceptors (Lipinski definition) is 2. The molecule has 1 unspecified atom stereocenters. The van der Waals surface area contributed by atoms with E-state index in [9.17, 15) is 0 Å². The summed E-state index contributed by atoms with van der Waals surface area (Å²) in [6.07, 6.45) is 6.56. The average molecular weight is 310 g/mol. The van der Waals surface area contributed by atoms with Crippen LogP contribution in [-0.4, -0.2) is 20.3 Å². The van der Waals surface area contributed by atoms with Crippen LogP contribution in [0, 0.1) is 0 Å². The van der Waals surface area contributed by atoms with Crippen LogP contribution in [0.3, 0.4) is 0 Å². The van der Waals surface area contributed by atoms with Crippen molar-refractivity contribution >= 4 is 0 Å². The largest absolute Gasteiger partial charge is 0.304 e. The van der Waals surface area contributed by atoms with Gasteiger partial charge in [-0.05, 0) is 44.5 Å². The van der Waals surface area contributed by atoms with E-state index in [1.807, 2.05) is 14.1 Å². The molecule has 0 aliphatic heterocycles. The third-order valence-corrected chi connectivity index (χ3v) is 4.58. The van der Waals surface area contributed by atoms with Gasteiger partial charge in [-0.2, -0.15) is 0 Å². The lowest BCUT2D eigenvalue weighted by Crippen LogP contribution is -2.42. The third kappa shape index (κ3) is 5.81. The highest BCUT2D eigenvalue weighted by atomic mass is 15.1. The second kappa shape index (κ2) is 10.2. The Labute approximate surface area is 141 Å². The lowest BCUT2D eigenvalue weighted by molar-refractivity contribution is 0.382. The molecule has 2 N–H and O–H groups in total. The van der Waals surface area contributed by atoms with Crippen LogP contribution in [0.4, 0.5) is 0 Å². The maximum Gasteiger partial charge on any atom is 0.0637 e. The summed E-state index contributed by atoms with van der Waals surface area (Å²) < 4.78 is 0. The molecule has 2 heteroatoms. The maximum atomic E-state index is 3.41. The molecule has 2 aromatic carbocycles. The molecule has 23 heavy (non-hydrogen) atoms. The molecule has 2 nitrogen and oxygen atoms in total. The number of rotatable bonds is 10. The summed E-state index contributed by atoms with van der Waals surface area (Å²) in [7, 11) is 4.07. The van der Waals surface area contributed by atoms with E-state index in [0.29, 0.717) is 12.1 Å². The number of nitrogens with one attached hydrogen (secondary N) is 2. The van der Waals surface area contributed by atoms with Crippen molar-refractivity contribution in [2.24, 2.45) is 0 Å². The van der Waals surface area contributed by atoms with E-state index in [1.54, 1.807) is 0 Å². The maximum absolute atomic E-state index is 3.41. The van der Waals surface area contributed by atoms with Gasteiger partial charge in [-0.25, -0.2) is 0 Å². The van der Waals surface area contributed by atoms with Crippen LogP contribution in [0.5, 0.6) is 0 Å². The van der Waals surface area contributed by atoms with Crippen molar-refractivity contribution in [1.82, 2.24) is 10.6 Å². The Morgan fingerprint density at radius 2 is 1.35 bits per heavy atom. The predicted octanol–water partition coefficient (Wildman–Crippen LogP) is 4.34. The van der Waals surface area contributed by atoms with Crippen molar-refractivity contribution in [3.8, 4) is 0 Å². The molecule has 0 saturated carbocycles. The number of unbranched alkanes of at least 4 members (excludes halogenated alkanes) is 2. The van der Waals surface area contributed by atoms with E-state index < -0.39 is 0 Å². The van der Waals surface area contributed by atoms with Gasteiger partial charge in [0.1, 0.15) is 0 Å². The summed E-state index contributed by atoms with van der Waals surface area (Å²) in [5.41, 5.74) is 2.87. The Bertz CT molecular complexity index is 520. The number of benzene rings is 2. The first-order valence-corrected chi connectivity index (χ1v) is 8.78. The summed E-state index contributed by atoms with van der Waals surface area (Å²) in [5.74, 6) is 0.517. The Kier molecular flexibility index (Phi) is 7.85. The molecule has 2 rings (SSSR count). The van der Waals surface area contributed by atoms with E-state index in [1.165, 1.54) is 43.2 Å². The summed E-state index contributed by atoms with van der Waals surface area (Å²) in [4.78, 5) is 0. The second-order valence-electron chi connectivity index (χ2n) is 6.16. The van der Waals surface area contributed by atoms with Crippen molar-refractivity contribution in [2.45, 2.75) is 44.2 Å². The Hall–Kier alpha value is -1.64. The van der Waals surface area contributed by atoms with Crippen LogP contribution < -0.4 is 10.6 Å². The summed E-state index contributed by atoms with van der Waals surface area (Å²) in [6.45, 7) is 0. The van der Waals surface area contributed by atoms with Gasteiger partial charge in [-0.1, -0.05) is 73.5 Å². The molecule has 124 valence electrons. The molecule has 0 spiro atoms. The first-order chi connectivity index (χ1) is 11.3. The molecular weight excluding hydrogens is 280 g/mol. The van der Waals surface area contributed by atoms with Crippen LogP contribution in [0.25, 0.3) is 0 Å². The minimum atomic E-state index is 0.325. The fourth-order valence-corrected chi connectivity index (χ4v) is 3.29. The van der Waals surface area contributed by atoms with Crippen molar-refractivity contribution < 1.29 is 0 Å². The van der Waals surface area contributed by atoms with Crippen LogP contribution in [0.15, 0.2) is 60.7 Å². The van der Waals surface area contributed by atoms with Gasteiger partial charge in [0.05, 0.1) is 6.17 Å². The van der Waals surface area contributed by atoms with Crippen LogP contribution in [0.2, 0.25) is 0 Å². The van der Waals surface area contributed by atoms with E-state index in [-0.39, 0.29) is 0 Å². The Balaban J connectivity index is 1.81. The quantitative estimate of drug-likeness (QED) is 0.504.